The number of piperazine rings is 1. The Balaban J connectivity index is 0.00000225. The third-order valence-corrected chi connectivity index (χ3v) is 5.56. The van der Waals surface area contributed by atoms with Crippen molar-refractivity contribution < 1.29 is 9.59 Å². The van der Waals surface area contributed by atoms with Crippen molar-refractivity contribution in [2.24, 2.45) is 11.7 Å². The summed E-state index contributed by atoms with van der Waals surface area (Å²) in [6.45, 7) is 2.43. The van der Waals surface area contributed by atoms with E-state index in [1.54, 1.807) is 0 Å². The molecule has 1 aromatic rings. The quantitative estimate of drug-likeness (QED) is 0.784. The molecule has 25 heavy (non-hydrogen) atoms. The summed E-state index contributed by atoms with van der Waals surface area (Å²) >= 11 is 3.38. The maximum Gasteiger partial charge on any atom is 0.253 e. The Morgan fingerprint density at radius 3 is 2.20 bits per heavy atom. The van der Waals surface area contributed by atoms with E-state index in [1.165, 1.54) is 0 Å². The molecule has 1 aromatic carbocycles. The molecule has 3 rings (SSSR count). The van der Waals surface area contributed by atoms with Crippen LogP contribution in [0.25, 0.3) is 0 Å². The molecule has 2 unspecified atom stereocenters. The van der Waals surface area contributed by atoms with Gasteiger partial charge in [0.25, 0.3) is 5.91 Å². The van der Waals surface area contributed by atoms with Gasteiger partial charge in [-0.1, -0.05) is 22.4 Å². The smallest absolute Gasteiger partial charge is 0.253 e. The molecule has 2 aliphatic rings. The van der Waals surface area contributed by atoms with E-state index in [0.717, 1.165) is 30.2 Å². The Morgan fingerprint density at radius 2 is 1.60 bits per heavy atom. The maximum absolute atomic E-state index is 12.6. The van der Waals surface area contributed by atoms with Gasteiger partial charge >= 0.3 is 0 Å². The Labute approximate surface area is 163 Å². The molecule has 5 nitrogen and oxygen atoms in total. The second kappa shape index (κ2) is 9.01. The molecular weight excluding hydrogens is 406 g/mol. The number of nitrogens with two attached hydrogens (primary N) is 1. The van der Waals surface area contributed by atoms with Crippen LogP contribution in [-0.4, -0.2) is 53.8 Å². The van der Waals surface area contributed by atoms with E-state index < -0.39 is 0 Å². The average molecular weight is 431 g/mol. The molecule has 0 bridgehead atoms. The van der Waals surface area contributed by atoms with Crippen LogP contribution >= 0.6 is 28.3 Å². The maximum atomic E-state index is 12.6. The van der Waals surface area contributed by atoms with E-state index >= 15 is 0 Å². The lowest BCUT2D eigenvalue weighted by molar-refractivity contribution is -0.138. The topological polar surface area (TPSA) is 66.6 Å². The van der Waals surface area contributed by atoms with Crippen LogP contribution in [0.15, 0.2) is 28.7 Å². The first-order valence-corrected chi connectivity index (χ1v) is 9.43. The molecule has 1 saturated heterocycles. The van der Waals surface area contributed by atoms with Crippen molar-refractivity contribution in [3.8, 4) is 0 Å². The zero-order valence-electron chi connectivity index (χ0n) is 14.2. The van der Waals surface area contributed by atoms with E-state index in [1.807, 2.05) is 34.1 Å². The predicted octanol–water partition coefficient (Wildman–Crippen LogP) is 2.67. The number of hydrogen-bond donors (Lipinski definition) is 1. The highest BCUT2D eigenvalue weighted by Crippen LogP contribution is 2.25. The molecule has 0 radical (unpaired) electrons. The van der Waals surface area contributed by atoms with Gasteiger partial charge in [-0.15, -0.1) is 12.4 Å². The Bertz CT molecular complexity index is 603. The molecule has 0 aromatic heterocycles. The number of rotatable bonds is 2. The lowest BCUT2D eigenvalue weighted by Crippen LogP contribution is -2.52. The van der Waals surface area contributed by atoms with Gasteiger partial charge in [0.05, 0.1) is 0 Å². The van der Waals surface area contributed by atoms with Crippen LogP contribution in [-0.2, 0) is 4.79 Å². The third-order valence-electron chi connectivity index (χ3n) is 5.03. The van der Waals surface area contributed by atoms with Gasteiger partial charge in [0.1, 0.15) is 0 Å². The van der Waals surface area contributed by atoms with Crippen molar-refractivity contribution in [2.45, 2.75) is 31.7 Å². The standard InChI is InChI=1S/C18H24BrN3O2.ClH/c19-15-6-4-13(5-7-15)17(23)21-8-10-22(11-9-21)18(24)14-2-1-3-16(20)12-14;/h4-7,14,16H,1-3,8-12,20H2;1H. The van der Waals surface area contributed by atoms with Gasteiger partial charge in [0, 0.05) is 48.2 Å². The predicted molar refractivity (Wildman–Crippen MR) is 104 cm³/mol. The van der Waals surface area contributed by atoms with E-state index in [-0.39, 0.29) is 36.2 Å². The van der Waals surface area contributed by atoms with Crippen LogP contribution in [0.3, 0.4) is 0 Å². The van der Waals surface area contributed by atoms with Crippen LogP contribution < -0.4 is 5.73 Å². The lowest BCUT2D eigenvalue weighted by Gasteiger charge is -2.37. The monoisotopic (exact) mass is 429 g/mol. The minimum atomic E-state index is 0. The summed E-state index contributed by atoms with van der Waals surface area (Å²) in [7, 11) is 0. The second-order valence-electron chi connectivity index (χ2n) is 6.75. The molecule has 2 atom stereocenters. The molecule has 2 fully saturated rings. The van der Waals surface area contributed by atoms with Crippen molar-refractivity contribution >= 4 is 40.2 Å². The number of carbonyl (C=O) groups is 2. The van der Waals surface area contributed by atoms with Crippen LogP contribution in [0, 0.1) is 5.92 Å². The van der Waals surface area contributed by atoms with Crippen molar-refractivity contribution in [1.29, 1.82) is 0 Å². The van der Waals surface area contributed by atoms with Crippen molar-refractivity contribution in [3.63, 3.8) is 0 Å². The zero-order chi connectivity index (χ0) is 17.1. The normalized spacial score (nSPS) is 23.8. The molecule has 1 aliphatic heterocycles. The average Bonchev–Trinajstić information content (AvgIpc) is 2.61. The van der Waals surface area contributed by atoms with Crippen LogP contribution in [0.5, 0.6) is 0 Å². The van der Waals surface area contributed by atoms with Crippen molar-refractivity contribution in [2.75, 3.05) is 26.2 Å². The Hall–Kier alpha value is -1.11. The fourth-order valence-electron chi connectivity index (χ4n) is 3.62. The number of carbonyl (C=O) groups excluding carboxylic acids is 2. The largest absolute Gasteiger partial charge is 0.339 e. The van der Waals surface area contributed by atoms with Crippen molar-refractivity contribution in [3.05, 3.63) is 34.3 Å². The Kier molecular flexibility index (Phi) is 7.28. The first-order valence-electron chi connectivity index (χ1n) is 8.64. The highest BCUT2D eigenvalue weighted by atomic mass is 79.9. The molecule has 138 valence electrons. The van der Waals surface area contributed by atoms with E-state index in [4.69, 9.17) is 5.73 Å². The fourth-order valence-corrected chi connectivity index (χ4v) is 3.88. The molecular formula is C18H25BrClN3O2. The minimum Gasteiger partial charge on any atom is -0.339 e. The zero-order valence-corrected chi connectivity index (χ0v) is 16.6. The van der Waals surface area contributed by atoms with E-state index in [9.17, 15) is 9.59 Å². The highest BCUT2D eigenvalue weighted by molar-refractivity contribution is 9.10. The number of hydrogen-bond acceptors (Lipinski definition) is 3. The Morgan fingerprint density at radius 1 is 1.00 bits per heavy atom. The molecule has 7 heteroatoms. The summed E-state index contributed by atoms with van der Waals surface area (Å²) in [5.41, 5.74) is 6.69. The van der Waals surface area contributed by atoms with Crippen LogP contribution in [0.4, 0.5) is 0 Å². The first kappa shape index (κ1) is 20.2. The fraction of sp³-hybridized carbons (Fsp3) is 0.556. The summed E-state index contributed by atoms with van der Waals surface area (Å²) in [4.78, 5) is 28.9. The van der Waals surface area contributed by atoms with E-state index in [2.05, 4.69) is 15.9 Å². The summed E-state index contributed by atoms with van der Waals surface area (Å²) in [6, 6.07) is 7.56. The minimum absolute atomic E-state index is 0. The molecule has 2 amide bonds. The SMILES string of the molecule is Cl.NC1CCCC(C(=O)N2CCN(C(=O)c3ccc(Br)cc3)CC2)C1. The van der Waals surface area contributed by atoms with Gasteiger partial charge in [0.2, 0.25) is 5.91 Å². The lowest BCUT2D eigenvalue weighted by atomic mass is 9.85. The summed E-state index contributed by atoms with van der Waals surface area (Å²) in [6.07, 6.45) is 3.82. The van der Waals surface area contributed by atoms with Crippen molar-refractivity contribution in [1.82, 2.24) is 9.80 Å². The molecule has 1 aliphatic carbocycles. The van der Waals surface area contributed by atoms with Gasteiger partial charge in [-0.25, -0.2) is 0 Å². The summed E-state index contributed by atoms with van der Waals surface area (Å²) in [5, 5.41) is 0. The summed E-state index contributed by atoms with van der Waals surface area (Å²) in [5.74, 6) is 0.331. The van der Waals surface area contributed by atoms with E-state index in [0.29, 0.717) is 31.7 Å². The molecule has 1 heterocycles. The van der Waals surface area contributed by atoms with Crippen LogP contribution in [0.1, 0.15) is 36.0 Å². The van der Waals surface area contributed by atoms with Gasteiger partial charge in [0.15, 0.2) is 0 Å². The first-order chi connectivity index (χ1) is 11.5. The second-order valence-corrected chi connectivity index (χ2v) is 7.66. The number of amides is 2. The summed E-state index contributed by atoms with van der Waals surface area (Å²) < 4.78 is 0.958. The number of nitrogens with zero attached hydrogens (tertiary/aromatic N) is 2. The molecule has 1 saturated carbocycles. The van der Waals surface area contributed by atoms with Gasteiger partial charge in [-0.2, -0.15) is 0 Å². The van der Waals surface area contributed by atoms with Gasteiger partial charge < -0.3 is 15.5 Å². The van der Waals surface area contributed by atoms with Crippen LogP contribution in [0.2, 0.25) is 0 Å². The number of benzene rings is 1. The molecule has 2 N–H and O–H groups in total. The highest BCUT2D eigenvalue weighted by Gasteiger charge is 2.31. The third kappa shape index (κ3) is 4.96. The number of halogens is 2. The van der Waals surface area contributed by atoms with Gasteiger partial charge in [-0.3, -0.25) is 9.59 Å². The van der Waals surface area contributed by atoms with Gasteiger partial charge in [-0.05, 0) is 43.5 Å². The molecule has 0 spiro atoms.